The van der Waals surface area contributed by atoms with Gasteiger partial charge in [0.25, 0.3) is 0 Å². The van der Waals surface area contributed by atoms with E-state index in [1.165, 1.54) is 32.1 Å². The molecule has 0 bridgehead atoms. The summed E-state index contributed by atoms with van der Waals surface area (Å²) in [5, 5.41) is 10.1. The highest BCUT2D eigenvalue weighted by Crippen LogP contribution is 2.20. The number of aryl methyl sites for hydroxylation is 1. The highest BCUT2D eigenvalue weighted by Gasteiger charge is 2.13. The number of hydrogen-bond acceptors (Lipinski definition) is 5. The minimum Gasteiger partial charge on any atom is -0.378 e. The third-order valence-corrected chi connectivity index (χ3v) is 3.72. The lowest BCUT2D eigenvalue weighted by Gasteiger charge is -2.22. The fourth-order valence-electron chi connectivity index (χ4n) is 2.55. The van der Waals surface area contributed by atoms with Crippen molar-refractivity contribution in [1.29, 1.82) is 0 Å². The second-order valence-electron chi connectivity index (χ2n) is 5.57. The van der Waals surface area contributed by atoms with Gasteiger partial charge >= 0.3 is 0 Å². The van der Waals surface area contributed by atoms with Crippen LogP contribution in [0.15, 0.2) is 9.52 Å². The van der Waals surface area contributed by atoms with Crippen LogP contribution in [-0.2, 0) is 11.3 Å². The quantitative estimate of drug-likeness (QED) is 0.454. The van der Waals surface area contributed by atoms with Gasteiger partial charge < -0.3 is 19.9 Å². The molecule has 1 aliphatic rings. The molecule has 1 aliphatic carbocycles. The van der Waals surface area contributed by atoms with E-state index < -0.39 is 0 Å². The van der Waals surface area contributed by atoms with E-state index in [2.05, 4.69) is 25.8 Å². The lowest BCUT2D eigenvalue weighted by molar-refractivity contribution is 0.0277. The molecule has 1 aromatic rings. The smallest absolute Gasteiger partial charge is 0.246 e. The third-order valence-electron chi connectivity index (χ3n) is 3.72. The molecule has 1 fully saturated rings. The predicted octanol–water partition coefficient (Wildman–Crippen LogP) is 1.78. The van der Waals surface area contributed by atoms with E-state index in [-0.39, 0.29) is 0 Å². The van der Waals surface area contributed by atoms with Crippen molar-refractivity contribution in [3.05, 3.63) is 11.7 Å². The lowest BCUT2D eigenvalue weighted by atomic mass is 9.98. The van der Waals surface area contributed by atoms with Crippen molar-refractivity contribution in [3.63, 3.8) is 0 Å². The number of ether oxygens (including phenoxy) is 1. The van der Waals surface area contributed by atoms with Gasteiger partial charge in [-0.25, -0.2) is 0 Å². The number of aliphatic imine (C=N–C) groups is 1. The molecule has 0 aliphatic heterocycles. The first-order chi connectivity index (χ1) is 10.8. The minimum atomic E-state index is 0.471. The lowest BCUT2D eigenvalue weighted by Crippen LogP contribution is -2.37. The van der Waals surface area contributed by atoms with Gasteiger partial charge in [-0.2, -0.15) is 4.98 Å². The molecule has 7 heteroatoms. The molecule has 0 spiro atoms. The molecule has 22 heavy (non-hydrogen) atoms. The van der Waals surface area contributed by atoms with Crippen LogP contribution < -0.4 is 10.6 Å². The number of nitrogens with zero attached hydrogens (tertiary/aromatic N) is 3. The first-order valence-electron chi connectivity index (χ1n) is 8.13. The number of guanidine groups is 1. The fourth-order valence-corrected chi connectivity index (χ4v) is 2.55. The standard InChI is InChI=1S/C15H27N5O2/c1-12-19-14(22-20-12)11-18-15(16-2)17-9-6-10-21-13-7-4-3-5-8-13/h13H,3-11H2,1-2H3,(H2,16,17,18). The SMILES string of the molecule is CN=C(NCCCOC1CCCCC1)NCc1nc(C)no1. The summed E-state index contributed by atoms with van der Waals surface area (Å²) in [7, 11) is 1.74. The molecular formula is C15H27N5O2. The summed E-state index contributed by atoms with van der Waals surface area (Å²) in [5.41, 5.74) is 0. The molecule has 0 radical (unpaired) electrons. The molecule has 1 heterocycles. The van der Waals surface area contributed by atoms with Crippen LogP contribution in [0.4, 0.5) is 0 Å². The van der Waals surface area contributed by atoms with Gasteiger partial charge in [0.05, 0.1) is 12.6 Å². The highest BCUT2D eigenvalue weighted by molar-refractivity contribution is 5.79. The first kappa shape index (κ1) is 16.7. The molecular weight excluding hydrogens is 282 g/mol. The Morgan fingerprint density at radius 3 is 2.82 bits per heavy atom. The maximum atomic E-state index is 5.90. The Kier molecular flexibility index (Phi) is 7.15. The van der Waals surface area contributed by atoms with Crippen molar-refractivity contribution in [2.24, 2.45) is 4.99 Å². The normalized spacial score (nSPS) is 16.7. The summed E-state index contributed by atoms with van der Waals surface area (Å²) >= 11 is 0. The van der Waals surface area contributed by atoms with E-state index in [0.717, 1.165) is 25.5 Å². The second-order valence-corrected chi connectivity index (χ2v) is 5.57. The Hall–Kier alpha value is -1.63. The summed E-state index contributed by atoms with van der Waals surface area (Å²) in [6.45, 7) is 3.90. The molecule has 2 rings (SSSR count). The molecule has 124 valence electrons. The molecule has 2 N–H and O–H groups in total. The first-order valence-corrected chi connectivity index (χ1v) is 8.13. The summed E-state index contributed by atoms with van der Waals surface area (Å²) in [4.78, 5) is 8.30. The van der Waals surface area contributed by atoms with Crippen LogP contribution in [0, 0.1) is 6.92 Å². The van der Waals surface area contributed by atoms with Gasteiger partial charge in [0.2, 0.25) is 5.89 Å². The van der Waals surface area contributed by atoms with E-state index >= 15 is 0 Å². The largest absolute Gasteiger partial charge is 0.378 e. The Balaban J connectivity index is 1.54. The minimum absolute atomic E-state index is 0.471. The van der Waals surface area contributed by atoms with Crippen molar-refractivity contribution in [3.8, 4) is 0 Å². The van der Waals surface area contributed by atoms with E-state index in [1.807, 2.05) is 0 Å². The maximum absolute atomic E-state index is 5.90. The summed E-state index contributed by atoms with van der Waals surface area (Å²) in [6.07, 6.45) is 7.89. The van der Waals surface area contributed by atoms with Gasteiger partial charge in [-0.05, 0) is 26.2 Å². The average molecular weight is 309 g/mol. The van der Waals surface area contributed by atoms with E-state index in [0.29, 0.717) is 24.4 Å². The molecule has 0 amide bonds. The van der Waals surface area contributed by atoms with Gasteiger partial charge in [0.1, 0.15) is 0 Å². The van der Waals surface area contributed by atoms with Gasteiger partial charge in [-0.15, -0.1) is 0 Å². The number of hydrogen-bond donors (Lipinski definition) is 2. The summed E-state index contributed by atoms with van der Waals surface area (Å²) in [5.74, 6) is 1.93. The molecule has 7 nitrogen and oxygen atoms in total. The fraction of sp³-hybridized carbons (Fsp3) is 0.800. The van der Waals surface area contributed by atoms with E-state index in [9.17, 15) is 0 Å². The van der Waals surface area contributed by atoms with Crippen molar-refractivity contribution in [2.45, 2.75) is 58.1 Å². The highest BCUT2D eigenvalue weighted by atomic mass is 16.5. The molecule has 0 unspecified atom stereocenters. The zero-order valence-electron chi connectivity index (χ0n) is 13.6. The number of nitrogens with one attached hydrogen (secondary N) is 2. The van der Waals surface area contributed by atoms with Crippen LogP contribution in [-0.4, -0.2) is 42.4 Å². The van der Waals surface area contributed by atoms with Gasteiger partial charge in [-0.3, -0.25) is 4.99 Å². The Morgan fingerprint density at radius 2 is 2.14 bits per heavy atom. The van der Waals surface area contributed by atoms with Crippen LogP contribution in [0.25, 0.3) is 0 Å². The number of aromatic nitrogens is 2. The van der Waals surface area contributed by atoms with Gasteiger partial charge in [-0.1, -0.05) is 24.4 Å². The molecule has 1 aromatic heterocycles. The van der Waals surface area contributed by atoms with E-state index in [1.54, 1.807) is 14.0 Å². The summed E-state index contributed by atoms with van der Waals surface area (Å²) < 4.78 is 10.9. The van der Waals surface area contributed by atoms with Gasteiger partial charge in [0, 0.05) is 20.2 Å². The topological polar surface area (TPSA) is 84.6 Å². The van der Waals surface area contributed by atoms with Crippen LogP contribution >= 0.6 is 0 Å². The Morgan fingerprint density at radius 1 is 1.32 bits per heavy atom. The predicted molar refractivity (Wildman–Crippen MR) is 84.7 cm³/mol. The van der Waals surface area contributed by atoms with Crippen LogP contribution in [0.1, 0.15) is 50.2 Å². The second kappa shape index (κ2) is 9.40. The third kappa shape index (κ3) is 6.01. The Bertz CT molecular complexity index is 455. The molecule has 0 saturated heterocycles. The van der Waals surface area contributed by atoms with Crippen molar-refractivity contribution < 1.29 is 9.26 Å². The zero-order chi connectivity index (χ0) is 15.6. The van der Waals surface area contributed by atoms with Crippen LogP contribution in [0.2, 0.25) is 0 Å². The maximum Gasteiger partial charge on any atom is 0.246 e. The Labute approximate surface area is 131 Å². The molecule has 1 saturated carbocycles. The van der Waals surface area contributed by atoms with Crippen molar-refractivity contribution >= 4 is 5.96 Å². The van der Waals surface area contributed by atoms with Crippen molar-refractivity contribution in [2.75, 3.05) is 20.2 Å². The zero-order valence-corrected chi connectivity index (χ0v) is 13.6. The monoisotopic (exact) mass is 309 g/mol. The average Bonchev–Trinajstić information content (AvgIpc) is 2.96. The van der Waals surface area contributed by atoms with E-state index in [4.69, 9.17) is 9.26 Å². The molecule has 0 atom stereocenters. The van der Waals surface area contributed by atoms with Crippen molar-refractivity contribution in [1.82, 2.24) is 20.8 Å². The van der Waals surface area contributed by atoms with Crippen LogP contribution in [0.3, 0.4) is 0 Å². The molecule has 0 aromatic carbocycles. The number of rotatable bonds is 7. The van der Waals surface area contributed by atoms with Gasteiger partial charge in [0.15, 0.2) is 11.8 Å². The van der Waals surface area contributed by atoms with Crippen LogP contribution in [0.5, 0.6) is 0 Å². The summed E-state index contributed by atoms with van der Waals surface area (Å²) in [6, 6.07) is 0.